The Balaban J connectivity index is 1.42. The van der Waals surface area contributed by atoms with E-state index in [2.05, 4.69) is 21.9 Å². The molecule has 2 fully saturated rings. The van der Waals surface area contributed by atoms with Gasteiger partial charge in [-0.3, -0.25) is 9.52 Å². The van der Waals surface area contributed by atoms with Crippen LogP contribution in [0, 0.1) is 12.8 Å². The van der Waals surface area contributed by atoms with Crippen LogP contribution in [0.4, 0.5) is 11.5 Å². The Morgan fingerprint density at radius 1 is 1.21 bits per heavy atom. The molecule has 2 aromatic heterocycles. The van der Waals surface area contributed by atoms with Crippen molar-refractivity contribution in [1.82, 2.24) is 24.8 Å². The Kier molecular flexibility index (Phi) is 7.52. The van der Waals surface area contributed by atoms with E-state index in [1.807, 2.05) is 19.2 Å². The molecule has 204 valence electrons. The molecular formula is C26H34ClN7O3S. The van der Waals surface area contributed by atoms with E-state index in [1.54, 1.807) is 15.5 Å². The number of sulfonamides is 1. The molecule has 2 N–H and O–H groups in total. The molecule has 12 heteroatoms. The summed E-state index contributed by atoms with van der Waals surface area (Å²) in [5.74, 6) is 1.32. The second-order valence-electron chi connectivity index (χ2n) is 10.3. The van der Waals surface area contributed by atoms with Gasteiger partial charge in [-0.25, -0.2) is 17.9 Å². The van der Waals surface area contributed by atoms with Gasteiger partial charge in [0.1, 0.15) is 5.82 Å². The van der Waals surface area contributed by atoms with Crippen LogP contribution in [-0.4, -0.2) is 72.8 Å². The van der Waals surface area contributed by atoms with Crippen molar-refractivity contribution in [2.45, 2.75) is 39.2 Å². The lowest BCUT2D eigenvalue weighted by Crippen LogP contribution is -2.51. The second-order valence-corrected chi connectivity index (χ2v) is 12.5. The molecule has 4 heterocycles. The molecule has 0 spiro atoms. The summed E-state index contributed by atoms with van der Waals surface area (Å²) >= 11 is 6.20. The van der Waals surface area contributed by atoms with Crippen LogP contribution in [0.1, 0.15) is 53.8 Å². The monoisotopic (exact) mass is 559 g/mol. The van der Waals surface area contributed by atoms with E-state index in [1.165, 1.54) is 12.1 Å². The van der Waals surface area contributed by atoms with Crippen molar-refractivity contribution in [2.75, 3.05) is 48.6 Å². The van der Waals surface area contributed by atoms with Gasteiger partial charge in [0, 0.05) is 54.9 Å². The summed E-state index contributed by atoms with van der Waals surface area (Å²) in [6.45, 7) is 8.66. The molecule has 2 aliphatic rings. The predicted molar refractivity (Wildman–Crippen MR) is 150 cm³/mol. The van der Waals surface area contributed by atoms with Gasteiger partial charge in [0.05, 0.1) is 29.2 Å². The number of hydrogen-bond donors (Lipinski definition) is 2. The summed E-state index contributed by atoms with van der Waals surface area (Å²) in [6.07, 6.45) is 5.64. The minimum absolute atomic E-state index is 0.213. The Morgan fingerprint density at radius 3 is 2.74 bits per heavy atom. The van der Waals surface area contributed by atoms with E-state index < -0.39 is 10.0 Å². The summed E-state index contributed by atoms with van der Waals surface area (Å²) in [4.78, 5) is 22.8. The fourth-order valence-electron chi connectivity index (χ4n) is 5.34. The molecule has 1 amide bonds. The highest BCUT2D eigenvalue weighted by Crippen LogP contribution is 2.34. The number of nitrogens with zero attached hydrogens (tertiary/aromatic N) is 5. The molecule has 1 unspecified atom stereocenters. The van der Waals surface area contributed by atoms with Gasteiger partial charge in [0.15, 0.2) is 5.65 Å². The minimum Gasteiger partial charge on any atom is -0.355 e. The van der Waals surface area contributed by atoms with Crippen LogP contribution in [0.15, 0.2) is 30.5 Å². The lowest BCUT2D eigenvalue weighted by atomic mass is 9.98. The van der Waals surface area contributed by atoms with Crippen molar-refractivity contribution in [3.05, 3.63) is 52.3 Å². The van der Waals surface area contributed by atoms with Crippen molar-refractivity contribution in [2.24, 2.45) is 5.92 Å². The molecule has 0 aliphatic carbocycles. The number of carbonyl (C=O) groups excluding carboxylic acids is 1. The number of aryl methyl sites for hydroxylation is 1. The van der Waals surface area contributed by atoms with Gasteiger partial charge in [0.25, 0.3) is 5.91 Å². The zero-order valence-corrected chi connectivity index (χ0v) is 23.5. The van der Waals surface area contributed by atoms with E-state index in [9.17, 15) is 13.2 Å². The highest BCUT2D eigenvalue weighted by atomic mass is 35.5. The standard InChI is InChI=1S/C26H34ClN7O3S/c1-4-28-13-18-15-32(16-18)25-17(2)14-34-24(29-25)12-22(30-34)23-7-5-6-10-33(23)26(35)20-11-19(27)8-9-21(20)31-38(3,36)37/h8-9,11-12,14,18,23,28,31H,4-7,10,13,15-16H2,1-3H3. The smallest absolute Gasteiger partial charge is 0.256 e. The first kappa shape index (κ1) is 26.7. The Hall–Kier alpha value is -2.89. The number of amides is 1. The summed E-state index contributed by atoms with van der Waals surface area (Å²) in [5.41, 5.74) is 3.01. The number of halogens is 1. The van der Waals surface area contributed by atoms with E-state index >= 15 is 0 Å². The molecule has 5 rings (SSSR count). The predicted octanol–water partition coefficient (Wildman–Crippen LogP) is 3.48. The number of fused-ring (bicyclic) bond motifs is 1. The number of likely N-dealkylation sites (tertiary alicyclic amines) is 1. The maximum absolute atomic E-state index is 13.8. The van der Waals surface area contributed by atoms with Gasteiger partial charge in [-0.1, -0.05) is 18.5 Å². The average molecular weight is 560 g/mol. The van der Waals surface area contributed by atoms with Crippen molar-refractivity contribution < 1.29 is 13.2 Å². The number of rotatable bonds is 8. The minimum atomic E-state index is -3.58. The molecule has 1 atom stereocenters. The Morgan fingerprint density at radius 2 is 2.00 bits per heavy atom. The van der Waals surface area contributed by atoms with Gasteiger partial charge in [-0.05, 0) is 50.9 Å². The Labute approximate surface area is 228 Å². The molecule has 10 nitrogen and oxygen atoms in total. The molecule has 3 aromatic rings. The first-order valence-electron chi connectivity index (χ1n) is 13.0. The SMILES string of the molecule is CCNCC1CN(c2nc3cc(C4CCCCN4C(=O)c4cc(Cl)ccc4NS(C)(=O)=O)nn3cc2C)C1. The number of piperidine rings is 1. The summed E-state index contributed by atoms with van der Waals surface area (Å²) in [7, 11) is -3.58. The molecule has 0 bridgehead atoms. The van der Waals surface area contributed by atoms with Crippen LogP contribution in [0.25, 0.3) is 5.65 Å². The van der Waals surface area contributed by atoms with Crippen molar-refractivity contribution in [3.63, 3.8) is 0 Å². The lowest BCUT2D eigenvalue weighted by molar-refractivity contribution is 0.0607. The van der Waals surface area contributed by atoms with E-state index in [0.29, 0.717) is 17.5 Å². The molecule has 0 saturated carbocycles. The number of anilines is 2. The lowest BCUT2D eigenvalue weighted by Gasteiger charge is -2.41. The fourth-order valence-corrected chi connectivity index (χ4v) is 6.09. The fraction of sp³-hybridized carbons (Fsp3) is 0.500. The summed E-state index contributed by atoms with van der Waals surface area (Å²) in [5, 5.41) is 8.59. The molecule has 0 radical (unpaired) electrons. The maximum atomic E-state index is 13.8. The molecule has 2 aliphatic heterocycles. The van der Waals surface area contributed by atoms with Crippen molar-refractivity contribution in [1.29, 1.82) is 0 Å². The Bertz CT molecular complexity index is 1450. The van der Waals surface area contributed by atoms with Gasteiger partial charge < -0.3 is 15.1 Å². The van der Waals surface area contributed by atoms with Crippen molar-refractivity contribution in [3.8, 4) is 0 Å². The third-order valence-corrected chi connectivity index (χ3v) is 8.00. The summed E-state index contributed by atoms with van der Waals surface area (Å²) < 4.78 is 28.1. The third kappa shape index (κ3) is 5.60. The molecule has 1 aromatic carbocycles. The van der Waals surface area contributed by atoms with Crippen LogP contribution < -0.4 is 14.9 Å². The van der Waals surface area contributed by atoms with Gasteiger partial charge in [-0.15, -0.1) is 0 Å². The first-order valence-corrected chi connectivity index (χ1v) is 15.3. The zero-order valence-electron chi connectivity index (χ0n) is 21.9. The molecule has 38 heavy (non-hydrogen) atoms. The van der Waals surface area contributed by atoms with Crippen LogP contribution >= 0.6 is 11.6 Å². The normalized spacial score (nSPS) is 18.6. The summed E-state index contributed by atoms with van der Waals surface area (Å²) in [6, 6.07) is 6.31. The average Bonchev–Trinajstić information content (AvgIpc) is 3.25. The number of carbonyl (C=O) groups is 1. The van der Waals surface area contributed by atoms with Gasteiger partial charge >= 0.3 is 0 Å². The maximum Gasteiger partial charge on any atom is 0.256 e. The third-order valence-electron chi connectivity index (χ3n) is 7.18. The van der Waals surface area contributed by atoms with Crippen LogP contribution in [0.5, 0.6) is 0 Å². The topological polar surface area (TPSA) is 112 Å². The van der Waals surface area contributed by atoms with Crippen molar-refractivity contribution >= 4 is 44.7 Å². The number of nitrogens with one attached hydrogen (secondary N) is 2. The van der Waals surface area contributed by atoms with Gasteiger partial charge in [-0.2, -0.15) is 5.10 Å². The largest absolute Gasteiger partial charge is 0.355 e. The highest BCUT2D eigenvalue weighted by molar-refractivity contribution is 7.92. The number of hydrogen-bond acceptors (Lipinski definition) is 7. The first-order chi connectivity index (χ1) is 18.1. The van der Waals surface area contributed by atoms with Crippen LogP contribution in [0.2, 0.25) is 5.02 Å². The highest BCUT2D eigenvalue weighted by Gasteiger charge is 2.33. The van der Waals surface area contributed by atoms with E-state index in [4.69, 9.17) is 21.7 Å². The van der Waals surface area contributed by atoms with Crippen LogP contribution in [0.3, 0.4) is 0 Å². The molecular weight excluding hydrogens is 526 g/mol. The number of benzene rings is 1. The quantitative estimate of drug-likeness (QED) is 0.434. The van der Waals surface area contributed by atoms with Crippen LogP contribution in [-0.2, 0) is 10.0 Å². The zero-order chi connectivity index (χ0) is 27.0. The second kappa shape index (κ2) is 10.7. The van der Waals surface area contributed by atoms with Gasteiger partial charge in [0.2, 0.25) is 10.0 Å². The molecule has 2 saturated heterocycles. The van der Waals surface area contributed by atoms with E-state index in [-0.39, 0.29) is 23.2 Å². The number of aromatic nitrogens is 3. The van der Waals surface area contributed by atoms with E-state index in [0.717, 1.165) is 74.4 Å².